The number of methoxy groups -OCH3 is 1. The summed E-state index contributed by atoms with van der Waals surface area (Å²) in [6.45, 7) is 3.42. The van der Waals surface area contributed by atoms with Crippen LogP contribution in [0.5, 0.6) is 5.75 Å². The largest absolute Gasteiger partial charge is 0.494 e. The van der Waals surface area contributed by atoms with Crippen LogP contribution in [0.2, 0.25) is 0 Å². The van der Waals surface area contributed by atoms with Crippen molar-refractivity contribution in [2.24, 2.45) is 0 Å². The van der Waals surface area contributed by atoms with Crippen LogP contribution in [0, 0.1) is 13.8 Å². The number of nitrogens with one attached hydrogen (secondary N) is 1. The molecule has 0 fully saturated rings. The number of aryl methyl sites for hydroxylation is 2. The lowest BCUT2D eigenvalue weighted by atomic mass is 10.2. The van der Waals surface area contributed by atoms with Gasteiger partial charge in [0, 0.05) is 11.9 Å². The molecule has 2 aromatic heterocycles. The van der Waals surface area contributed by atoms with Gasteiger partial charge in [0.15, 0.2) is 21.2 Å². The van der Waals surface area contributed by atoms with Crippen LogP contribution in [-0.4, -0.2) is 37.0 Å². The predicted octanol–water partition coefficient (Wildman–Crippen LogP) is 0.987. The lowest BCUT2D eigenvalue weighted by Crippen LogP contribution is -2.06. The van der Waals surface area contributed by atoms with Crippen LogP contribution in [0.15, 0.2) is 4.90 Å². The zero-order valence-corrected chi connectivity index (χ0v) is 10.8. The van der Waals surface area contributed by atoms with Crippen molar-refractivity contribution in [3.63, 3.8) is 0 Å². The Bertz CT molecular complexity index is 688. The standard InChI is InChI=1S/C10H13N3O3S/c1-5-7-8(16-3)9(17(4,14)15)6(2)11-10(7)13-12-5/h1-4H3,(H,11,12,13). The second-order valence-electron chi connectivity index (χ2n) is 3.88. The number of aromatic amines is 1. The van der Waals surface area contributed by atoms with Crippen LogP contribution < -0.4 is 4.74 Å². The van der Waals surface area contributed by atoms with Gasteiger partial charge in [-0.15, -0.1) is 0 Å². The van der Waals surface area contributed by atoms with Gasteiger partial charge in [-0.2, -0.15) is 5.10 Å². The van der Waals surface area contributed by atoms with Gasteiger partial charge in [-0.3, -0.25) is 5.10 Å². The summed E-state index contributed by atoms with van der Waals surface area (Å²) in [6, 6.07) is 0. The monoisotopic (exact) mass is 255 g/mol. The van der Waals surface area contributed by atoms with E-state index in [1.807, 2.05) is 0 Å². The highest BCUT2D eigenvalue weighted by Crippen LogP contribution is 2.34. The van der Waals surface area contributed by atoms with E-state index >= 15 is 0 Å². The van der Waals surface area contributed by atoms with Crippen molar-refractivity contribution in [1.29, 1.82) is 0 Å². The van der Waals surface area contributed by atoms with Crippen LogP contribution in [0.3, 0.4) is 0 Å². The molecule has 0 radical (unpaired) electrons. The highest BCUT2D eigenvalue weighted by atomic mass is 32.2. The van der Waals surface area contributed by atoms with Gasteiger partial charge in [0.1, 0.15) is 4.90 Å². The third kappa shape index (κ3) is 1.76. The topological polar surface area (TPSA) is 84.9 Å². The molecule has 0 unspecified atom stereocenters. The van der Waals surface area contributed by atoms with Crippen molar-refractivity contribution in [3.8, 4) is 5.75 Å². The summed E-state index contributed by atoms with van der Waals surface area (Å²) in [4.78, 5) is 4.29. The Morgan fingerprint density at radius 1 is 1.29 bits per heavy atom. The molecule has 0 atom stereocenters. The molecule has 92 valence electrons. The van der Waals surface area contributed by atoms with E-state index in [1.54, 1.807) is 13.8 Å². The normalized spacial score (nSPS) is 12.0. The van der Waals surface area contributed by atoms with Crippen molar-refractivity contribution >= 4 is 20.9 Å². The van der Waals surface area contributed by atoms with Crippen LogP contribution >= 0.6 is 0 Å². The van der Waals surface area contributed by atoms with E-state index in [1.165, 1.54) is 7.11 Å². The van der Waals surface area contributed by atoms with E-state index in [0.717, 1.165) is 11.9 Å². The summed E-state index contributed by atoms with van der Waals surface area (Å²) in [6.07, 6.45) is 1.14. The fourth-order valence-corrected chi connectivity index (χ4v) is 2.99. The van der Waals surface area contributed by atoms with Crippen molar-refractivity contribution in [2.45, 2.75) is 18.7 Å². The first-order chi connectivity index (χ1) is 7.86. The van der Waals surface area contributed by atoms with Crippen LogP contribution in [0.25, 0.3) is 11.0 Å². The van der Waals surface area contributed by atoms with Crippen molar-refractivity contribution in [1.82, 2.24) is 15.2 Å². The summed E-state index contributed by atoms with van der Waals surface area (Å²) in [5.74, 6) is 0.307. The summed E-state index contributed by atoms with van der Waals surface area (Å²) in [5.41, 5.74) is 1.59. The minimum atomic E-state index is -3.39. The molecular weight excluding hydrogens is 242 g/mol. The highest BCUT2D eigenvalue weighted by molar-refractivity contribution is 7.90. The number of sulfone groups is 1. The Hall–Kier alpha value is -1.63. The molecule has 0 saturated heterocycles. The number of ether oxygens (including phenoxy) is 1. The number of nitrogens with zero attached hydrogens (tertiary/aromatic N) is 2. The van der Waals surface area contributed by atoms with E-state index in [9.17, 15) is 8.42 Å². The van der Waals surface area contributed by atoms with Crippen LogP contribution in [0.4, 0.5) is 0 Å². The zero-order valence-electron chi connectivity index (χ0n) is 10.0. The van der Waals surface area contributed by atoms with Gasteiger partial charge < -0.3 is 4.74 Å². The maximum Gasteiger partial charge on any atom is 0.185 e. The molecule has 0 spiro atoms. The molecule has 0 aliphatic rings. The molecule has 7 heteroatoms. The molecule has 2 rings (SSSR count). The van der Waals surface area contributed by atoms with E-state index < -0.39 is 9.84 Å². The molecule has 0 aliphatic heterocycles. The molecule has 0 aromatic carbocycles. The van der Waals surface area contributed by atoms with Gasteiger partial charge in [-0.1, -0.05) is 0 Å². The average molecular weight is 255 g/mol. The van der Waals surface area contributed by atoms with Crippen molar-refractivity contribution in [3.05, 3.63) is 11.4 Å². The zero-order chi connectivity index (χ0) is 12.8. The smallest absolute Gasteiger partial charge is 0.185 e. The molecule has 2 heterocycles. The molecule has 1 N–H and O–H groups in total. The minimum Gasteiger partial charge on any atom is -0.494 e. The molecule has 0 aliphatic carbocycles. The fraction of sp³-hybridized carbons (Fsp3) is 0.400. The third-order valence-corrected chi connectivity index (χ3v) is 3.76. The SMILES string of the molecule is COc1c(S(C)(=O)=O)c(C)nc2n[nH]c(C)c12. The first-order valence-corrected chi connectivity index (χ1v) is 6.84. The van der Waals surface area contributed by atoms with Crippen LogP contribution in [-0.2, 0) is 9.84 Å². The molecular formula is C10H13N3O3S. The van der Waals surface area contributed by atoms with E-state index in [2.05, 4.69) is 15.2 Å². The number of rotatable bonds is 2. The first-order valence-electron chi connectivity index (χ1n) is 4.95. The number of hydrogen-bond acceptors (Lipinski definition) is 5. The summed E-state index contributed by atoms with van der Waals surface area (Å²) < 4.78 is 28.7. The molecule has 17 heavy (non-hydrogen) atoms. The number of hydrogen-bond donors (Lipinski definition) is 1. The predicted molar refractivity (Wildman–Crippen MR) is 63.0 cm³/mol. The van der Waals surface area contributed by atoms with Gasteiger partial charge >= 0.3 is 0 Å². The van der Waals surface area contributed by atoms with Crippen LogP contribution in [0.1, 0.15) is 11.4 Å². The van der Waals surface area contributed by atoms with Gasteiger partial charge in [0.2, 0.25) is 0 Å². The van der Waals surface area contributed by atoms with E-state index in [4.69, 9.17) is 4.74 Å². The fourth-order valence-electron chi connectivity index (χ4n) is 1.89. The van der Waals surface area contributed by atoms with Gasteiger partial charge in [-0.25, -0.2) is 13.4 Å². The Kier molecular flexibility index (Phi) is 2.57. The van der Waals surface area contributed by atoms with Gasteiger partial charge in [0.05, 0.1) is 18.2 Å². The lowest BCUT2D eigenvalue weighted by molar-refractivity contribution is 0.406. The number of pyridine rings is 1. The van der Waals surface area contributed by atoms with Crippen molar-refractivity contribution < 1.29 is 13.2 Å². The second-order valence-corrected chi connectivity index (χ2v) is 5.83. The summed E-state index contributed by atoms with van der Waals surface area (Å²) >= 11 is 0. The van der Waals surface area contributed by atoms with Gasteiger partial charge in [-0.05, 0) is 13.8 Å². The number of aromatic nitrogens is 3. The van der Waals surface area contributed by atoms with E-state index in [0.29, 0.717) is 22.5 Å². The Balaban J connectivity index is 3.02. The number of H-pyrrole nitrogens is 1. The Morgan fingerprint density at radius 2 is 1.94 bits per heavy atom. The Morgan fingerprint density at radius 3 is 2.47 bits per heavy atom. The summed E-state index contributed by atoms with van der Waals surface area (Å²) in [7, 11) is -1.95. The molecule has 0 amide bonds. The lowest BCUT2D eigenvalue weighted by Gasteiger charge is -2.10. The quantitative estimate of drug-likeness (QED) is 0.864. The third-order valence-electron chi connectivity index (χ3n) is 2.54. The number of fused-ring (bicyclic) bond motifs is 1. The van der Waals surface area contributed by atoms with E-state index in [-0.39, 0.29) is 4.90 Å². The van der Waals surface area contributed by atoms with Crippen molar-refractivity contribution in [2.75, 3.05) is 13.4 Å². The average Bonchev–Trinajstić information content (AvgIpc) is 2.56. The Labute approximate surface area is 98.9 Å². The first kappa shape index (κ1) is 11.8. The molecule has 6 nitrogen and oxygen atoms in total. The molecule has 2 aromatic rings. The van der Waals surface area contributed by atoms with Gasteiger partial charge in [0.25, 0.3) is 0 Å². The second kappa shape index (κ2) is 3.69. The minimum absolute atomic E-state index is 0.122. The summed E-state index contributed by atoms with van der Waals surface area (Å²) in [5, 5.41) is 7.38. The molecule has 0 bridgehead atoms. The highest BCUT2D eigenvalue weighted by Gasteiger charge is 2.23. The maximum atomic E-state index is 11.8. The maximum absolute atomic E-state index is 11.8. The molecule has 0 saturated carbocycles.